The maximum Gasteiger partial charge on any atom is 0.251 e. The molecule has 0 spiro atoms. The fraction of sp³-hybridized carbons (Fsp3) is 0.394. The van der Waals surface area contributed by atoms with Crippen LogP contribution in [0.1, 0.15) is 92.3 Å². The van der Waals surface area contributed by atoms with Crippen molar-refractivity contribution in [1.82, 2.24) is 10.6 Å². The molecule has 4 nitrogen and oxygen atoms in total. The first-order chi connectivity index (χ1) is 18.6. The number of carbonyl (C=O) groups excluding carboxylic acids is 2. The Hall–Kier alpha value is -3.54. The van der Waals surface area contributed by atoms with Crippen LogP contribution >= 0.6 is 0 Å². The van der Waals surface area contributed by atoms with E-state index >= 15 is 0 Å². The quantitative estimate of drug-likeness (QED) is 0.226. The van der Waals surface area contributed by atoms with Crippen molar-refractivity contribution in [1.29, 1.82) is 0 Å². The monoisotopic (exact) mass is 534 g/mol. The minimum absolute atomic E-state index is 0.0121. The highest BCUT2D eigenvalue weighted by Gasteiger charge is 2.16. The van der Waals surface area contributed by atoms with E-state index in [0.717, 1.165) is 43.2 Å². The maximum absolute atomic E-state index is 13.4. The van der Waals surface area contributed by atoms with Gasteiger partial charge in [0.1, 0.15) is 11.6 Å². The van der Waals surface area contributed by atoms with Crippen molar-refractivity contribution in [3.8, 4) is 0 Å². The maximum atomic E-state index is 13.4. The summed E-state index contributed by atoms with van der Waals surface area (Å²) in [7, 11) is 0. The van der Waals surface area contributed by atoms with Gasteiger partial charge in [-0.2, -0.15) is 0 Å². The summed E-state index contributed by atoms with van der Waals surface area (Å²) in [5, 5.41) is 5.89. The van der Waals surface area contributed by atoms with Crippen LogP contribution in [-0.2, 0) is 10.2 Å². The van der Waals surface area contributed by atoms with Gasteiger partial charge in [0.25, 0.3) is 5.91 Å². The van der Waals surface area contributed by atoms with Gasteiger partial charge in [-0.05, 0) is 84.2 Å². The van der Waals surface area contributed by atoms with Crippen LogP contribution in [0.5, 0.6) is 0 Å². The summed E-state index contributed by atoms with van der Waals surface area (Å²) in [5.74, 6) is -0.638. The van der Waals surface area contributed by atoms with Gasteiger partial charge in [-0.15, -0.1) is 0 Å². The Kier molecular flexibility index (Phi) is 11.2. The average molecular weight is 535 g/mol. The third kappa shape index (κ3) is 9.93. The topological polar surface area (TPSA) is 58.2 Å². The van der Waals surface area contributed by atoms with Crippen LogP contribution in [0, 0.1) is 11.6 Å². The molecule has 3 aromatic carbocycles. The Morgan fingerprint density at radius 3 is 1.72 bits per heavy atom. The summed E-state index contributed by atoms with van der Waals surface area (Å²) in [4.78, 5) is 24.6. The van der Waals surface area contributed by atoms with Gasteiger partial charge in [-0.25, -0.2) is 8.78 Å². The lowest BCUT2D eigenvalue weighted by Crippen LogP contribution is -2.27. The first-order valence-corrected chi connectivity index (χ1v) is 13.8. The largest absolute Gasteiger partial charge is 0.356 e. The zero-order valence-corrected chi connectivity index (χ0v) is 23.2. The molecular formula is C33H40F2N2O2. The molecule has 0 heterocycles. The van der Waals surface area contributed by atoms with Gasteiger partial charge in [0.2, 0.25) is 5.91 Å². The van der Waals surface area contributed by atoms with Crippen LogP contribution in [-0.4, -0.2) is 24.9 Å². The summed E-state index contributed by atoms with van der Waals surface area (Å²) in [6.07, 6.45) is 4.32. The Morgan fingerprint density at radius 1 is 0.692 bits per heavy atom. The molecule has 0 aliphatic heterocycles. The standard InChI is InChI=1S/C33H40F2N2O2/c1-33(2,3)27-16-10-26(11-17-27)32(39)37-23-7-6-22-36-31(38)9-5-4-8-30(24-12-18-28(34)19-13-24)25-14-20-29(35)21-15-25/h10-21,30H,4-9,22-23H2,1-3H3,(H,36,38)(H,37,39). The Bertz CT molecular complexity index is 1140. The minimum atomic E-state index is -0.290. The van der Waals surface area contributed by atoms with Gasteiger partial charge < -0.3 is 10.6 Å². The number of hydrogen-bond acceptors (Lipinski definition) is 2. The van der Waals surface area contributed by atoms with Gasteiger partial charge in [-0.1, -0.05) is 63.6 Å². The van der Waals surface area contributed by atoms with Crippen molar-refractivity contribution in [3.05, 3.63) is 107 Å². The lowest BCUT2D eigenvalue weighted by molar-refractivity contribution is -0.121. The number of amides is 2. The van der Waals surface area contributed by atoms with E-state index in [1.54, 1.807) is 24.3 Å². The third-order valence-electron chi connectivity index (χ3n) is 6.92. The molecule has 0 bridgehead atoms. The Balaban J connectivity index is 1.32. The number of halogens is 2. The Labute approximate surface area is 231 Å². The van der Waals surface area contributed by atoms with Crippen molar-refractivity contribution in [3.63, 3.8) is 0 Å². The van der Waals surface area contributed by atoms with Crippen LogP contribution in [0.2, 0.25) is 0 Å². The van der Waals surface area contributed by atoms with E-state index in [2.05, 4.69) is 31.4 Å². The molecule has 0 saturated heterocycles. The van der Waals surface area contributed by atoms with E-state index in [9.17, 15) is 18.4 Å². The second-order valence-corrected chi connectivity index (χ2v) is 11.0. The van der Waals surface area contributed by atoms with Gasteiger partial charge >= 0.3 is 0 Å². The average Bonchev–Trinajstić information content (AvgIpc) is 2.91. The van der Waals surface area contributed by atoms with Gasteiger partial charge in [0.05, 0.1) is 0 Å². The van der Waals surface area contributed by atoms with Crippen LogP contribution < -0.4 is 10.6 Å². The van der Waals surface area contributed by atoms with Crippen molar-refractivity contribution in [2.45, 2.75) is 70.6 Å². The molecule has 0 unspecified atom stereocenters. The number of carbonyl (C=O) groups is 2. The molecule has 0 atom stereocenters. The summed E-state index contributed by atoms with van der Waals surface area (Å²) < 4.78 is 26.8. The summed E-state index contributed by atoms with van der Waals surface area (Å²) in [5.41, 5.74) is 3.84. The third-order valence-corrected chi connectivity index (χ3v) is 6.92. The van der Waals surface area contributed by atoms with Crippen LogP contribution in [0.3, 0.4) is 0 Å². The minimum Gasteiger partial charge on any atom is -0.356 e. The fourth-order valence-electron chi connectivity index (χ4n) is 4.54. The molecular weight excluding hydrogens is 494 g/mol. The van der Waals surface area contributed by atoms with E-state index < -0.39 is 0 Å². The van der Waals surface area contributed by atoms with Crippen molar-refractivity contribution in [2.75, 3.05) is 13.1 Å². The highest BCUT2D eigenvalue weighted by atomic mass is 19.1. The zero-order valence-electron chi connectivity index (χ0n) is 23.2. The second kappa shape index (κ2) is 14.6. The molecule has 39 heavy (non-hydrogen) atoms. The van der Waals surface area contributed by atoms with Crippen LogP contribution in [0.25, 0.3) is 0 Å². The molecule has 0 aromatic heterocycles. The molecule has 0 saturated carbocycles. The molecule has 0 aliphatic carbocycles. The normalized spacial score (nSPS) is 11.4. The lowest BCUT2D eigenvalue weighted by Gasteiger charge is -2.19. The molecule has 2 amide bonds. The van der Waals surface area contributed by atoms with Crippen molar-refractivity contribution >= 4 is 11.8 Å². The van der Waals surface area contributed by atoms with Crippen molar-refractivity contribution < 1.29 is 18.4 Å². The van der Waals surface area contributed by atoms with Gasteiger partial charge in [-0.3, -0.25) is 9.59 Å². The second-order valence-electron chi connectivity index (χ2n) is 11.0. The number of nitrogens with one attached hydrogen (secondary N) is 2. The predicted octanol–water partition coefficient (Wildman–Crippen LogP) is 7.28. The lowest BCUT2D eigenvalue weighted by atomic mass is 9.87. The fourth-order valence-corrected chi connectivity index (χ4v) is 4.54. The van der Waals surface area contributed by atoms with Crippen LogP contribution in [0.4, 0.5) is 8.78 Å². The van der Waals surface area contributed by atoms with E-state index in [1.807, 2.05) is 24.3 Å². The molecule has 208 valence electrons. The first kappa shape index (κ1) is 30.0. The zero-order chi connectivity index (χ0) is 28.3. The van der Waals surface area contributed by atoms with E-state index in [1.165, 1.54) is 29.8 Å². The summed E-state index contributed by atoms with van der Waals surface area (Å²) >= 11 is 0. The smallest absolute Gasteiger partial charge is 0.251 e. The number of hydrogen-bond donors (Lipinski definition) is 2. The summed E-state index contributed by atoms with van der Waals surface area (Å²) in [6.45, 7) is 7.56. The van der Waals surface area contributed by atoms with Crippen LogP contribution in [0.15, 0.2) is 72.8 Å². The highest BCUT2D eigenvalue weighted by Crippen LogP contribution is 2.30. The van der Waals surface area contributed by atoms with Crippen molar-refractivity contribution in [2.24, 2.45) is 0 Å². The van der Waals surface area contributed by atoms with Gasteiger partial charge in [0, 0.05) is 31.0 Å². The molecule has 0 fully saturated rings. The Morgan fingerprint density at radius 2 is 1.21 bits per heavy atom. The van der Waals surface area contributed by atoms with E-state index in [4.69, 9.17) is 0 Å². The molecule has 3 rings (SSSR count). The molecule has 3 aromatic rings. The molecule has 6 heteroatoms. The highest BCUT2D eigenvalue weighted by molar-refractivity contribution is 5.94. The number of rotatable bonds is 13. The van der Waals surface area contributed by atoms with E-state index in [-0.39, 0.29) is 34.8 Å². The molecule has 0 radical (unpaired) electrons. The number of benzene rings is 3. The SMILES string of the molecule is CC(C)(C)c1ccc(C(=O)NCCCCNC(=O)CCCCC(c2ccc(F)cc2)c2ccc(F)cc2)cc1. The summed E-state index contributed by atoms with van der Waals surface area (Å²) in [6, 6.07) is 20.5. The predicted molar refractivity (Wildman–Crippen MR) is 153 cm³/mol. The van der Waals surface area contributed by atoms with E-state index in [0.29, 0.717) is 25.1 Å². The number of unbranched alkanes of at least 4 members (excludes halogenated alkanes) is 2. The molecule has 2 N–H and O–H groups in total. The molecule has 0 aliphatic rings. The first-order valence-electron chi connectivity index (χ1n) is 13.8. The van der Waals surface area contributed by atoms with Gasteiger partial charge in [0.15, 0.2) is 0 Å².